The first-order chi connectivity index (χ1) is 19.1. The number of carbonyl (C=O) groups excluding carboxylic acids is 1. The maximum Gasteiger partial charge on any atom is 0.433 e. The number of nitriles is 1. The Hall–Kier alpha value is -4.53. The quantitative estimate of drug-likeness (QED) is 0.342. The van der Waals surface area contributed by atoms with Crippen molar-refractivity contribution in [3.05, 3.63) is 65.1 Å². The topological polar surface area (TPSA) is 121 Å². The van der Waals surface area contributed by atoms with Crippen LogP contribution >= 0.6 is 0 Å². The van der Waals surface area contributed by atoms with Gasteiger partial charge in [-0.15, -0.1) is 0 Å². The van der Waals surface area contributed by atoms with Crippen LogP contribution in [0.3, 0.4) is 0 Å². The summed E-state index contributed by atoms with van der Waals surface area (Å²) in [5, 5.41) is 12.4. The molecule has 3 aromatic heterocycles. The van der Waals surface area contributed by atoms with Crippen LogP contribution in [0.5, 0.6) is 0 Å². The molecule has 1 aromatic carbocycles. The fourth-order valence-electron chi connectivity index (χ4n) is 4.74. The molecule has 1 saturated heterocycles. The number of anilines is 1. The van der Waals surface area contributed by atoms with Crippen LogP contribution < -0.4 is 10.2 Å². The number of oxazole rings is 1. The van der Waals surface area contributed by atoms with Gasteiger partial charge in [0.05, 0.1) is 17.2 Å². The van der Waals surface area contributed by atoms with E-state index in [0.29, 0.717) is 60.4 Å². The molecule has 0 saturated carbocycles. The number of hydrogen-bond donors (Lipinski definition) is 1. The SMILES string of the molecule is CC(C)c1cc(C#N)cc2nc(-c3ncccc3C(=O)NCC3CCN(c4nccc(C(F)(F)F)n4)CC3)oc12. The third-order valence-electron chi connectivity index (χ3n) is 6.91. The fraction of sp³-hybridized carbons (Fsp3) is 0.357. The Labute approximate surface area is 228 Å². The molecule has 1 aliphatic rings. The first kappa shape index (κ1) is 27.1. The number of halogens is 3. The summed E-state index contributed by atoms with van der Waals surface area (Å²) in [5.74, 6) is 0.129. The first-order valence-electron chi connectivity index (χ1n) is 12.9. The summed E-state index contributed by atoms with van der Waals surface area (Å²) in [7, 11) is 0. The summed E-state index contributed by atoms with van der Waals surface area (Å²) < 4.78 is 45.1. The highest BCUT2D eigenvalue weighted by molar-refractivity contribution is 5.99. The third-order valence-corrected chi connectivity index (χ3v) is 6.91. The predicted octanol–water partition coefficient (Wildman–Crippen LogP) is 5.34. The molecule has 40 heavy (non-hydrogen) atoms. The molecule has 1 fully saturated rings. The van der Waals surface area contributed by atoms with E-state index < -0.39 is 11.9 Å². The van der Waals surface area contributed by atoms with E-state index in [1.54, 1.807) is 35.4 Å². The van der Waals surface area contributed by atoms with Gasteiger partial charge < -0.3 is 14.6 Å². The van der Waals surface area contributed by atoms with Gasteiger partial charge in [-0.2, -0.15) is 18.4 Å². The van der Waals surface area contributed by atoms with Crippen LogP contribution in [0.25, 0.3) is 22.7 Å². The molecule has 1 N–H and O–H groups in total. The van der Waals surface area contributed by atoms with Crippen LogP contribution in [0, 0.1) is 17.2 Å². The molecule has 4 heterocycles. The minimum absolute atomic E-state index is 0.0539. The largest absolute Gasteiger partial charge is 0.434 e. The molecule has 0 unspecified atom stereocenters. The average Bonchev–Trinajstić information content (AvgIpc) is 3.39. The fourth-order valence-corrected chi connectivity index (χ4v) is 4.74. The molecule has 12 heteroatoms. The molecule has 0 bridgehead atoms. The highest BCUT2D eigenvalue weighted by Gasteiger charge is 2.33. The normalized spacial score (nSPS) is 14.5. The molecule has 1 amide bonds. The van der Waals surface area contributed by atoms with Crippen molar-refractivity contribution in [3.8, 4) is 17.7 Å². The molecule has 0 spiro atoms. The Balaban J connectivity index is 1.27. The van der Waals surface area contributed by atoms with Gasteiger partial charge in [-0.1, -0.05) is 13.8 Å². The van der Waals surface area contributed by atoms with Gasteiger partial charge in [0.2, 0.25) is 11.8 Å². The molecule has 206 valence electrons. The number of piperidine rings is 1. The van der Waals surface area contributed by atoms with Crippen molar-refractivity contribution in [3.63, 3.8) is 0 Å². The second kappa shape index (κ2) is 10.9. The second-order valence-corrected chi connectivity index (χ2v) is 9.98. The van der Waals surface area contributed by atoms with Crippen LogP contribution in [-0.2, 0) is 6.18 Å². The highest BCUT2D eigenvalue weighted by atomic mass is 19.4. The van der Waals surface area contributed by atoms with E-state index in [4.69, 9.17) is 4.42 Å². The standard InChI is InChI=1S/C28H26F3N7O2/c1-16(2)20-12-18(14-32)13-21-24(20)40-26(36-21)23-19(4-3-8-33-23)25(39)35-15-17-6-10-38(11-7-17)27-34-9-5-22(37-27)28(29,30)31/h3-5,8-9,12-13,16-17H,6-7,10-11,15H2,1-2H3,(H,35,39). The lowest BCUT2D eigenvalue weighted by Gasteiger charge is -2.32. The molecule has 0 radical (unpaired) electrons. The minimum atomic E-state index is -4.53. The third kappa shape index (κ3) is 5.59. The van der Waals surface area contributed by atoms with Crippen molar-refractivity contribution < 1.29 is 22.4 Å². The Kier molecular flexibility index (Phi) is 7.38. The Morgan fingerprint density at radius 2 is 1.95 bits per heavy atom. The van der Waals surface area contributed by atoms with Crippen LogP contribution in [0.4, 0.5) is 19.1 Å². The van der Waals surface area contributed by atoms with E-state index in [1.807, 2.05) is 13.8 Å². The van der Waals surface area contributed by atoms with E-state index in [0.717, 1.165) is 17.8 Å². The lowest BCUT2D eigenvalue weighted by Crippen LogP contribution is -2.39. The molecule has 9 nitrogen and oxygen atoms in total. The maximum absolute atomic E-state index is 13.2. The first-order valence-corrected chi connectivity index (χ1v) is 12.9. The van der Waals surface area contributed by atoms with Gasteiger partial charge in [-0.05, 0) is 55.0 Å². The highest BCUT2D eigenvalue weighted by Crippen LogP contribution is 2.32. The van der Waals surface area contributed by atoms with Gasteiger partial charge in [-0.3, -0.25) is 9.78 Å². The van der Waals surface area contributed by atoms with Crippen LogP contribution in [0.2, 0.25) is 0 Å². The summed E-state index contributed by atoms with van der Waals surface area (Å²) in [6, 6.07) is 9.72. The number of nitrogens with zero attached hydrogens (tertiary/aromatic N) is 6. The van der Waals surface area contributed by atoms with Gasteiger partial charge in [0.1, 0.15) is 16.9 Å². The van der Waals surface area contributed by atoms with E-state index in [1.165, 1.54) is 0 Å². The molecular weight excluding hydrogens is 523 g/mol. The van der Waals surface area contributed by atoms with Gasteiger partial charge in [0, 0.05) is 37.6 Å². The second-order valence-electron chi connectivity index (χ2n) is 9.98. The summed E-state index contributed by atoms with van der Waals surface area (Å²) in [4.78, 5) is 31.5. The smallest absolute Gasteiger partial charge is 0.433 e. The molecule has 0 aliphatic carbocycles. The van der Waals surface area contributed by atoms with Gasteiger partial charge in [0.25, 0.3) is 5.91 Å². The Morgan fingerprint density at radius 3 is 2.65 bits per heavy atom. The molecule has 0 atom stereocenters. The van der Waals surface area contributed by atoms with Crippen molar-refractivity contribution in [2.45, 2.75) is 38.8 Å². The molecular formula is C28H26F3N7O2. The van der Waals surface area contributed by atoms with Crippen molar-refractivity contribution in [2.24, 2.45) is 5.92 Å². The number of pyridine rings is 1. The summed E-state index contributed by atoms with van der Waals surface area (Å²) in [6.07, 6.45) is -0.545. The number of fused-ring (bicyclic) bond motifs is 1. The zero-order valence-electron chi connectivity index (χ0n) is 21.9. The van der Waals surface area contributed by atoms with Crippen molar-refractivity contribution in [1.82, 2.24) is 25.3 Å². The van der Waals surface area contributed by atoms with Crippen LogP contribution in [-0.4, -0.2) is 45.5 Å². The lowest BCUT2D eigenvalue weighted by molar-refractivity contribution is -0.141. The summed E-state index contributed by atoms with van der Waals surface area (Å²) in [6.45, 7) is 5.34. The van der Waals surface area contributed by atoms with Crippen molar-refractivity contribution >= 4 is 23.0 Å². The molecule has 1 aliphatic heterocycles. The van der Waals surface area contributed by atoms with Gasteiger partial charge >= 0.3 is 6.18 Å². The van der Waals surface area contributed by atoms with Crippen molar-refractivity contribution in [1.29, 1.82) is 5.26 Å². The Morgan fingerprint density at radius 1 is 1.18 bits per heavy atom. The number of rotatable bonds is 6. The number of carbonyl (C=O) groups is 1. The number of benzene rings is 1. The number of aromatic nitrogens is 4. The van der Waals surface area contributed by atoms with Crippen LogP contribution in [0.1, 0.15) is 59.8 Å². The minimum Gasteiger partial charge on any atom is -0.434 e. The number of nitrogens with one attached hydrogen (secondary N) is 1. The van der Waals surface area contributed by atoms with Crippen molar-refractivity contribution in [2.75, 3.05) is 24.5 Å². The van der Waals surface area contributed by atoms with E-state index >= 15 is 0 Å². The van der Waals surface area contributed by atoms with Gasteiger partial charge in [0.15, 0.2) is 5.58 Å². The zero-order chi connectivity index (χ0) is 28.4. The van der Waals surface area contributed by atoms with E-state index in [2.05, 4.69) is 31.3 Å². The monoisotopic (exact) mass is 549 g/mol. The molecule has 4 aromatic rings. The number of alkyl halides is 3. The summed E-state index contributed by atoms with van der Waals surface area (Å²) in [5.41, 5.74) is 2.02. The number of hydrogen-bond acceptors (Lipinski definition) is 8. The van der Waals surface area contributed by atoms with Gasteiger partial charge in [-0.25, -0.2) is 15.0 Å². The maximum atomic E-state index is 13.2. The zero-order valence-corrected chi connectivity index (χ0v) is 21.9. The summed E-state index contributed by atoms with van der Waals surface area (Å²) >= 11 is 0. The lowest BCUT2D eigenvalue weighted by atomic mass is 9.97. The number of amides is 1. The van der Waals surface area contributed by atoms with E-state index in [-0.39, 0.29) is 29.6 Å². The van der Waals surface area contributed by atoms with Crippen LogP contribution in [0.15, 0.2) is 47.1 Å². The molecule has 5 rings (SSSR count). The average molecular weight is 550 g/mol. The predicted molar refractivity (Wildman–Crippen MR) is 140 cm³/mol. The van der Waals surface area contributed by atoms with E-state index in [9.17, 15) is 23.2 Å². The Bertz CT molecular complexity index is 1590.